The molecule has 0 spiro atoms. The summed E-state index contributed by atoms with van der Waals surface area (Å²) >= 11 is 5.85. The van der Waals surface area contributed by atoms with Crippen molar-refractivity contribution in [2.45, 2.75) is 0 Å². The topological polar surface area (TPSA) is 67.1 Å². The van der Waals surface area contributed by atoms with Crippen LogP contribution in [0.4, 0.5) is 11.4 Å². The summed E-state index contributed by atoms with van der Waals surface area (Å²) in [6, 6.07) is 13.9. The Bertz CT molecular complexity index is 572. The highest BCUT2D eigenvalue weighted by atomic mass is 35.5. The average Bonchev–Trinajstić information content (AvgIpc) is 2.38. The number of amides is 1. The van der Waals surface area contributed by atoms with Gasteiger partial charge in [0.05, 0.1) is 11.3 Å². The number of para-hydroxylation sites is 1. The molecule has 2 aromatic carbocycles. The SMILES string of the molecule is NNc1ccccc1C(=O)Nc1cccc(Cl)c1. The van der Waals surface area contributed by atoms with E-state index in [9.17, 15) is 4.79 Å². The molecule has 18 heavy (non-hydrogen) atoms. The van der Waals surface area contributed by atoms with E-state index in [1.807, 2.05) is 0 Å². The fraction of sp³-hybridized carbons (Fsp3) is 0. The minimum atomic E-state index is -0.245. The highest BCUT2D eigenvalue weighted by molar-refractivity contribution is 6.31. The molecule has 0 bridgehead atoms. The first-order valence-electron chi connectivity index (χ1n) is 5.33. The molecule has 1 amide bonds. The summed E-state index contributed by atoms with van der Waals surface area (Å²) in [5.74, 6) is 5.11. The first-order valence-corrected chi connectivity index (χ1v) is 5.71. The van der Waals surface area contributed by atoms with E-state index in [0.29, 0.717) is 22.0 Å². The molecule has 4 nitrogen and oxygen atoms in total. The second kappa shape index (κ2) is 5.53. The lowest BCUT2D eigenvalue weighted by Crippen LogP contribution is -2.17. The van der Waals surface area contributed by atoms with Crippen molar-refractivity contribution in [3.63, 3.8) is 0 Å². The van der Waals surface area contributed by atoms with Crippen LogP contribution in [0.1, 0.15) is 10.4 Å². The number of anilines is 2. The molecule has 0 aliphatic rings. The standard InChI is InChI=1S/C13H12ClN3O/c14-9-4-3-5-10(8-9)16-13(18)11-6-1-2-7-12(11)17-15/h1-8,17H,15H2,(H,16,18). The third-order valence-electron chi connectivity index (χ3n) is 2.41. The van der Waals surface area contributed by atoms with Crippen LogP contribution in [0.5, 0.6) is 0 Å². The zero-order valence-corrected chi connectivity index (χ0v) is 10.2. The van der Waals surface area contributed by atoms with E-state index >= 15 is 0 Å². The molecule has 4 N–H and O–H groups in total. The molecule has 0 saturated heterocycles. The Labute approximate surface area is 110 Å². The molecule has 2 rings (SSSR count). The molecule has 0 aromatic heterocycles. The van der Waals surface area contributed by atoms with E-state index in [0.717, 1.165) is 0 Å². The van der Waals surface area contributed by atoms with Crippen LogP contribution in [0, 0.1) is 0 Å². The van der Waals surface area contributed by atoms with E-state index in [1.165, 1.54) is 0 Å². The van der Waals surface area contributed by atoms with Gasteiger partial charge in [0.2, 0.25) is 0 Å². The van der Waals surface area contributed by atoms with Gasteiger partial charge in [-0.15, -0.1) is 0 Å². The first-order chi connectivity index (χ1) is 8.70. The second-order valence-corrected chi connectivity index (χ2v) is 4.09. The lowest BCUT2D eigenvalue weighted by Gasteiger charge is -2.09. The Morgan fingerprint density at radius 1 is 1.11 bits per heavy atom. The number of hydrogen-bond acceptors (Lipinski definition) is 3. The number of benzene rings is 2. The van der Waals surface area contributed by atoms with Crippen molar-refractivity contribution in [1.82, 2.24) is 0 Å². The van der Waals surface area contributed by atoms with Crippen LogP contribution in [0.2, 0.25) is 5.02 Å². The Hall–Kier alpha value is -2.04. The van der Waals surface area contributed by atoms with Crippen molar-refractivity contribution >= 4 is 28.9 Å². The normalized spacial score (nSPS) is 9.89. The number of hydrazine groups is 1. The van der Waals surface area contributed by atoms with Gasteiger partial charge in [-0.3, -0.25) is 10.6 Å². The van der Waals surface area contributed by atoms with Gasteiger partial charge >= 0.3 is 0 Å². The highest BCUT2D eigenvalue weighted by Crippen LogP contribution is 2.18. The van der Waals surface area contributed by atoms with Gasteiger partial charge in [-0.25, -0.2) is 0 Å². The van der Waals surface area contributed by atoms with E-state index in [1.54, 1.807) is 48.5 Å². The van der Waals surface area contributed by atoms with Crippen LogP contribution in [0.15, 0.2) is 48.5 Å². The molecule has 0 aliphatic carbocycles. The summed E-state index contributed by atoms with van der Waals surface area (Å²) in [5, 5.41) is 3.32. The average molecular weight is 262 g/mol. The molecular weight excluding hydrogens is 250 g/mol. The van der Waals surface area contributed by atoms with Crippen molar-refractivity contribution in [3.8, 4) is 0 Å². The maximum Gasteiger partial charge on any atom is 0.257 e. The first kappa shape index (κ1) is 12.4. The van der Waals surface area contributed by atoms with E-state index in [-0.39, 0.29) is 5.91 Å². The van der Waals surface area contributed by atoms with Crippen molar-refractivity contribution < 1.29 is 4.79 Å². The molecule has 2 aromatic rings. The van der Waals surface area contributed by atoms with Gasteiger partial charge in [-0.05, 0) is 30.3 Å². The maximum absolute atomic E-state index is 12.1. The molecule has 0 fully saturated rings. The number of carbonyl (C=O) groups is 1. The Kier molecular flexibility index (Phi) is 3.82. The smallest absolute Gasteiger partial charge is 0.257 e. The van der Waals surface area contributed by atoms with Crippen LogP contribution in [-0.2, 0) is 0 Å². The Morgan fingerprint density at radius 3 is 2.61 bits per heavy atom. The molecule has 0 radical (unpaired) electrons. The van der Waals surface area contributed by atoms with Gasteiger partial charge < -0.3 is 10.7 Å². The zero-order valence-electron chi connectivity index (χ0n) is 9.48. The number of nitrogen functional groups attached to an aromatic ring is 1. The van der Waals surface area contributed by atoms with Crippen LogP contribution in [-0.4, -0.2) is 5.91 Å². The summed E-state index contributed by atoms with van der Waals surface area (Å²) in [6.07, 6.45) is 0. The van der Waals surface area contributed by atoms with Crippen LogP contribution in [0.3, 0.4) is 0 Å². The predicted molar refractivity (Wildman–Crippen MR) is 73.7 cm³/mol. The van der Waals surface area contributed by atoms with Crippen LogP contribution in [0.25, 0.3) is 0 Å². The fourth-order valence-electron chi connectivity index (χ4n) is 1.57. The lowest BCUT2D eigenvalue weighted by atomic mass is 10.1. The van der Waals surface area contributed by atoms with Crippen molar-refractivity contribution in [2.75, 3.05) is 10.7 Å². The highest BCUT2D eigenvalue weighted by Gasteiger charge is 2.10. The number of nitrogens with two attached hydrogens (primary N) is 1. The fourth-order valence-corrected chi connectivity index (χ4v) is 1.76. The number of halogens is 1. The van der Waals surface area contributed by atoms with E-state index in [4.69, 9.17) is 17.4 Å². The molecular formula is C13H12ClN3O. The number of rotatable bonds is 3. The van der Waals surface area contributed by atoms with Gasteiger partial charge in [-0.1, -0.05) is 29.8 Å². The lowest BCUT2D eigenvalue weighted by molar-refractivity contribution is 0.102. The van der Waals surface area contributed by atoms with Crippen LogP contribution >= 0.6 is 11.6 Å². The van der Waals surface area contributed by atoms with Crippen molar-refractivity contribution in [1.29, 1.82) is 0 Å². The van der Waals surface area contributed by atoms with Crippen molar-refractivity contribution in [2.24, 2.45) is 5.84 Å². The Balaban J connectivity index is 2.22. The minimum Gasteiger partial charge on any atom is -0.323 e. The summed E-state index contributed by atoms with van der Waals surface area (Å²) < 4.78 is 0. The van der Waals surface area contributed by atoms with Gasteiger partial charge in [0.1, 0.15) is 0 Å². The quantitative estimate of drug-likeness (QED) is 0.588. The molecule has 0 atom stereocenters. The van der Waals surface area contributed by atoms with Gasteiger partial charge in [0.15, 0.2) is 0 Å². The molecule has 0 aliphatic heterocycles. The largest absolute Gasteiger partial charge is 0.323 e. The van der Waals surface area contributed by atoms with Gasteiger partial charge in [-0.2, -0.15) is 0 Å². The molecule has 92 valence electrons. The predicted octanol–water partition coefficient (Wildman–Crippen LogP) is 2.88. The number of nitrogens with one attached hydrogen (secondary N) is 2. The molecule has 0 saturated carbocycles. The van der Waals surface area contributed by atoms with E-state index < -0.39 is 0 Å². The molecule has 0 heterocycles. The third-order valence-corrected chi connectivity index (χ3v) is 2.64. The van der Waals surface area contributed by atoms with Crippen LogP contribution < -0.4 is 16.6 Å². The van der Waals surface area contributed by atoms with Gasteiger partial charge in [0.25, 0.3) is 5.91 Å². The number of carbonyl (C=O) groups excluding carboxylic acids is 1. The summed E-state index contributed by atoms with van der Waals surface area (Å²) in [4.78, 5) is 12.1. The Morgan fingerprint density at radius 2 is 1.89 bits per heavy atom. The minimum absolute atomic E-state index is 0.245. The third kappa shape index (κ3) is 2.80. The van der Waals surface area contributed by atoms with Crippen molar-refractivity contribution in [3.05, 3.63) is 59.1 Å². The summed E-state index contributed by atoms with van der Waals surface area (Å²) in [7, 11) is 0. The number of hydrogen-bond donors (Lipinski definition) is 3. The maximum atomic E-state index is 12.1. The monoisotopic (exact) mass is 261 g/mol. The molecule has 0 unspecified atom stereocenters. The zero-order chi connectivity index (χ0) is 13.0. The van der Waals surface area contributed by atoms with E-state index in [2.05, 4.69) is 10.7 Å². The summed E-state index contributed by atoms with van der Waals surface area (Å²) in [6.45, 7) is 0. The summed E-state index contributed by atoms with van der Waals surface area (Å²) in [5.41, 5.74) is 4.16. The second-order valence-electron chi connectivity index (χ2n) is 3.65. The molecule has 5 heteroatoms. The van der Waals surface area contributed by atoms with Gasteiger partial charge in [0, 0.05) is 10.7 Å².